The highest BCUT2D eigenvalue weighted by Gasteiger charge is 2.04. The molecule has 0 fully saturated rings. The highest BCUT2D eigenvalue weighted by Crippen LogP contribution is 2.26. The van der Waals surface area contributed by atoms with Crippen LogP contribution < -0.4 is 14.8 Å². The Morgan fingerprint density at radius 1 is 1.00 bits per heavy atom. The number of nitrogens with one attached hydrogen (secondary N) is 1. The van der Waals surface area contributed by atoms with Crippen molar-refractivity contribution in [1.29, 1.82) is 0 Å². The van der Waals surface area contributed by atoms with E-state index in [1.54, 1.807) is 0 Å². The maximum absolute atomic E-state index is 5.86. The number of benzene rings is 2. The van der Waals surface area contributed by atoms with Crippen molar-refractivity contribution in [3.63, 3.8) is 0 Å². The molecule has 0 aliphatic heterocycles. The van der Waals surface area contributed by atoms with Crippen LogP contribution in [-0.4, -0.2) is 13.7 Å². The standard InChI is InChI=1S/C17H21NO2/c1-4-19-15-8-10-16(11-9-15)20-17-7-5-6-14(12-17)13(2)18-3/h5-13,18H,4H2,1-3H3. The van der Waals surface area contributed by atoms with Gasteiger partial charge in [0.15, 0.2) is 0 Å². The van der Waals surface area contributed by atoms with Gasteiger partial charge in [-0.25, -0.2) is 0 Å². The van der Waals surface area contributed by atoms with Crippen LogP contribution in [0.25, 0.3) is 0 Å². The lowest BCUT2D eigenvalue weighted by molar-refractivity contribution is 0.339. The minimum atomic E-state index is 0.305. The van der Waals surface area contributed by atoms with Gasteiger partial charge in [-0.3, -0.25) is 0 Å². The third-order valence-electron chi connectivity index (χ3n) is 3.16. The predicted molar refractivity (Wildman–Crippen MR) is 81.6 cm³/mol. The van der Waals surface area contributed by atoms with Gasteiger partial charge in [0.25, 0.3) is 0 Å². The van der Waals surface area contributed by atoms with E-state index in [1.807, 2.05) is 50.4 Å². The molecule has 2 rings (SSSR count). The first kappa shape index (κ1) is 14.4. The molecule has 0 radical (unpaired) electrons. The number of rotatable bonds is 6. The summed E-state index contributed by atoms with van der Waals surface area (Å²) in [5.74, 6) is 2.51. The second kappa shape index (κ2) is 6.96. The molecule has 106 valence electrons. The molecule has 2 aromatic carbocycles. The lowest BCUT2D eigenvalue weighted by Crippen LogP contribution is -2.11. The Morgan fingerprint density at radius 3 is 2.35 bits per heavy atom. The Kier molecular flexibility index (Phi) is 5.02. The second-order valence-electron chi connectivity index (χ2n) is 4.59. The molecule has 0 aliphatic carbocycles. The molecule has 0 heterocycles. The Labute approximate surface area is 120 Å². The zero-order chi connectivity index (χ0) is 14.4. The molecule has 0 aromatic heterocycles. The highest BCUT2D eigenvalue weighted by atomic mass is 16.5. The number of ether oxygens (including phenoxy) is 2. The molecule has 0 saturated carbocycles. The SMILES string of the molecule is CCOc1ccc(Oc2cccc(C(C)NC)c2)cc1. The summed E-state index contributed by atoms with van der Waals surface area (Å²) in [6.45, 7) is 4.76. The van der Waals surface area contributed by atoms with Crippen molar-refractivity contribution in [2.24, 2.45) is 0 Å². The molecule has 0 saturated heterocycles. The third-order valence-corrected chi connectivity index (χ3v) is 3.16. The van der Waals surface area contributed by atoms with Crippen molar-refractivity contribution in [3.05, 3.63) is 54.1 Å². The molecule has 0 bridgehead atoms. The van der Waals surface area contributed by atoms with Crippen LogP contribution in [0.5, 0.6) is 17.2 Å². The van der Waals surface area contributed by atoms with Gasteiger partial charge >= 0.3 is 0 Å². The predicted octanol–water partition coefficient (Wildman–Crippen LogP) is 4.16. The van der Waals surface area contributed by atoms with E-state index in [0.29, 0.717) is 12.6 Å². The third kappa shape index (κ3) is 3.75. The van der Waals surface area contributed by atoms with E-state index in [2.05, 4.69) is 24.4 Å². The summed E-state index contributed by atoms with van der Waals surface area (Å²) >= 11 is 0. The van der Waals surface area contributed by atoms with Crippen LogP contribution in [0.4, 0.5) is 0 Å². The van der Waals surface area contributed by atoms with Gasteiger partial charge in [-0.2, -0.15) is 0 Å². The lowest BCUT2D eigenvalue weighted by Gasteiger charge is -2.13. The largest absolute Gasteiger partial charge is 0.494 e. The van der Waals surface area contributed by atoms with E-state index in [9.17, 15) is 0 Å². The van der Waals surface area contributed by atoms with Gasteiger partial charge in [-0.05, 0) is 62.9 Å². The fourth-order valence-electron chi connectivity index (χ4n) is 1.92. The maximum Gasteiger partial charge on any atom is 0.127 e. The van der Waals surface area contributed by atoms with Crippen LogP contribution in [0.2, 0.25) is 0 Å². The molecular weight excluding hydrogens is 250 g/mol. The van der Waals surface area contributed by atoms with Crippen molar-refractivity contribution >= 4 is 0 Å². The molecule has 2 aromatic rings. The lowest BCUT2D eigenvalue weighted by atomic mass is 10.1. The van der Waals surface area contributed by atoms with Crippen LogP contribution in [0.3, 0.4) is 0 Å². The molecule has 0 aliphatic rings. The van der Waals surface area contributed by atoms with Crippen molar-refractivity contribution in [1.82, 2.24) is 5.32 Å². The Morgan fingerprint density at radius 2 is 1.70 bits per heavy atom. The van der Waals surface area contributed by atoms with Gasteiger partial charge in [0, 0.05) is 6.04 Å². The number of hydrogen-bond acceptors (Lipinski definition) is 3. The summed E-state index contributed by atoms with van der Waals surface area (Å²) in [7, 11) is 1.95. The summed E-state index contributed by atoms with van der Waals surface area (Å²) in [5, 5.41) is 3.22. The average Bonchev–Trinajstić information content (AvgIpc) is 2.49. The molecule has 20 heavy (non-hydrogen) atoms. The number of hydrogen-bond donors (Lipinski definition) is 1. The van der Waals surface area contributed by atoms with E-state index >= 15 is 0 Å². The van der Waals surface area contributed by atoms with Crippen LogP contribution in [0, 0.1) is 0 Å². The molecular formula is C17H21NO2. The maximum atomic E-state index is 5.86. The van der Waals surface area contributed by atoms with E-state index in [-0.39, 0.29) is 0 Å². The summed E-state index contributed by atoms with van der Waals surface area (Å²) < 4.78 is 11.3. The first-order valence-corrected chi connectivity index (χ1v) is 6.91. The summed E-state index contributed by atoms with van der Waals surface area (Å²) in [6.07, 6.45) is 0. The molecule has 1 unspecified atom stereocenters. The van der Waals surface area contributed by atoms with Crippen molar-refractivity contribution in [2.75, 3.05) is 13.7 Å². The van der Waals surface area contributed by atoms with Gasteiger partial charge < -0.3 is 14.8 Å². The minimum Gasteiger partial charge on any atom is -0.494 e. The highest BCUT2D eigenvalue weighted by molar-refractivity contribution is 5.37. The topological polar surface area (TPSA) is 30.5 Å². The van der Waals surface area contributed by atoms with Crippen molar-refractivity contribution < 1.29 is 9.47 Å². The first-order valence-electron chi connectivity index (χ1n) is 6.91. The Bertz CT molecular complexity index is 537. The molecule has 0 spiro atoms. The quantitative estimate of drug-likeness (QED) is 0.855. The smallest absolute Gasteiger partial charge is 0.127 e. The van der Waals surface area contributed by atoms with Gasteiger partial charge in [-0.1, -0.05) is 12.1 Å². The van der Waals surface area contributed by atoms with Gasteiger partial charge in [-0.15, -0.1) is 0 Å². The monoisotopic (exact) mass is 271 g/mol. The Balaban J connectivity index is 2.09. The van der Waals surface area contributed by atoms with Crippen LogP contribution in [-0.2, 0) is 0 Å². The molecule has 0 amide bonds. The first-order chi connectivity index (χ1) is 9.72. The zero-order valence-electron chi connectivity index (χ0n) is 12.2. The summed E-state index contributed by atoms with van der Waals surface area (Å²) in [5.41, 5.74) is 1.20. The van der Waals surface area contributed by atoms with Gasteiger partial charge in [0.2, 0.25) is 0 Å². The second-order valence-corrected chi connectivity index (χ2v) is 4.59. The minimum absolute atomic E-state index is 0.305. The fraction of sp³-hybridized carbons (Fsp3) is 0.294. The van der Waals surface area contributed by atoms with Crippen LogP contribution in [0.1, 0.15) is 25.5 Å². The van der Waals surface area contributed by atoms with Crippen molar-refractivity contribution in [3.8, 4) is 17.2 Å². The van der Waals surface area contributed by atoms with Crippen molar-refractivity contribution in [2.45, 2.75) is 19.9 Å². The summed E-state index contributed by atoms with van der Waals surface area (Å²) in [4.78, 5) is 0. The zero-order valence-corrected chi connectivity index (χ0v) is 12.2. The van der Waals surface area contributed by atoms with E-state index in [1.165, 1.54) is 5.56 Å². The average molecular weight is 271 g/mol. The van der Waals surface area contributed by atoms with Crippen LogP contribution in [0.15, 0.2) is 48.5 Å². The molecule has 3 nitrogen and oxygen atoms in total. The Hall–Kier alpha value is -2.00. The van der Waals surface area contributed by atoms with Gasteiger partial charge in [0.1, 0.15) is 17.2 Å². The molecule has 3 heteroatoms. The van der Waals surface area contributed by atoms with E-state index < -0.39 is 0 Å². The van der Waals surface area contributed by atoms with Gasteiger partial charge in [0.05, 0.1) is 6.61 Å². The molecule has 1 N–H and O–H groups in total. The van der Waals surface area contributed by atoms with E-state index in [4.69, 9.17) is 9.47 Å². The normalized spacial score (nSPS) is 11.9. The molecule has 1 atom stereocenters. The summed E-state index contributed by atoms with van der Waals surface area (Å²) in [6, 6.07) is 16.1. The van der Waals surface area contributed by atoms with E-state index in [0.717, 1.165) is 17.2 Å². The fourth-order valence-corrected chi connectivity index (χ4v) is 1.92. The van der Waals surface area contributed by atoms with Crippen LogP contribution >= 0.6 is 0 Å².